The Bertz CT molecular complexity index is 327. The highest BCUT2D eigenvalue weighted by molar-refractivity contribution is 4.95. The average Bonchev–Trinajstić information content (AvgIpc) is 2.96. The van der Waals surface area contributed by atoms with Crippen molar-refractivity contribution in [2.24, 2.45) is 5.92 Å². The SMILES string of the molecule is CNC1CCC2(CC1N(C)CC1CCCOC1)OCCO2. The molecule has 5 nitrogen and oxygen atoms in total. The fourth-order valence-electron chi connectivity index (χ4n) is 4.18. The molecule has 21 heavy (non-hydrogen) atoms. The number of nitrogens with zero attached hydrogens (tertiary/aromatic N) is 1. The highest BCUT2D eigenvalue weighted by atomic mass is 16.7. The molecule has 0 amide bonds. The molecule has 0 aromatic rings. The second kappa shape index (κ2) is 6.92. The van der Waals surface area contributed by atoms with Gasteiger partial charge in [-0.25, -0.2) is 0 Å². The van der Waals surface area contributed by atoms with Crippen LogP contribution in [0.1, 0.15) is 32.1 Å². The van der Waals surface area contributed by atoms with E-state index in [1.54, 1.807) is 0 Å². The van der Waals surface area contributed by atoms with Gasteiger partial charge in [0.15, 0.2) is 5.79 Å². The Balaban J connectivity index is 1.61. The third-order valence-electron chi connectivity index (χ3n) is 5.37. The van der Waals surface area contributed by atoms with Crippen molar-refractivity contribution in [1.29, 1.82) is 0 Å². The van der Waals surface area contributed by atoms with Crippen LogP contribution in [-0.2, 0) is 14.2 Å². The van der Waals surface area contributed by atoms with E-state index in [1.807, 2.05) is 0 Å². The maximum absolute atomic E-state index is 5.94. The van der Waals surface area contributed by atoms with E-state index in [0.29, 0.717) is 18.0 Å². The van der Waals surface area contributed by atoms with Gasteiger partial charge >= 0.3 is 0 Å². The van der Waals surface area contributed by atoms with Gasteiger partial charge in [-0.15, -0.1) is 0 Å². The third kappa shape index (κ3) is 3.59. The second-order valence-corrected chi connectivity index (χ2v) is 6.84. The predicted octanol–water partition coefficient (Wildman–Crippen LogP) is 1.23. The monoisotopic (exact) mass is 298 g/mol. The molecule has 3 fully saturated rings. The molecule has 3 unspecified atom stereocenters. The van der Waals surface area contributed by atoms with Crippen molar-refractivity contribution >= 4 is 0 Å². The summed E-state index contributed by atoms with van der Waals surface area (Å²) in [5.74, 6) is 0.361. The zero-order valence-corrected chi connectivity index (χ0v) is 13.5. The van der Waals surface area contributed by atoms with Crippen molar-refractivity contribution in [2.75, 3.05) is 47.1 Å². The van der Waals surface area contributed by atoms with Crippen molar-refractivity contribution in [2.45, 2.75) is 50.0 Å². The highest BCUT2D eigenvalue weighted by Crippen LogP contribution is 2.37. The molecule has 2 heterocycles. The Morgan fingerprint density at radius 3 is 2.67 bits per heavy atom. The van der Waals surface area contributed by atoms with E-state index in [1.165, 1.54) is 12.8 Å². The topological polar surface area (TPSA) is 43.0 Å². The first kappa shape index (κ1) is 15.7. The first-order valence-electron chi connectivity index (χ1n) is 8.45. The van der Waals surface area contributed by atoms with E-state index in [0.717, 1.165) is 52.2 Å². The summed E-state index contributed by atoms with van der Waals surface area (Å²) < 4.78 is 17.5. The molecule has 5 heteroatoms. The number of nitrogens with one attached hydrogen (secondary N) is 1. The Kier molecular flexibility index (Phi) is 5.17. The third-order valence-corrected chi connectivity index (χ3v) is 5.37. The van der Waals surface area contributed by atoms with E-state index >= 15 is 0 Å². The summed E-state index contributed by atoms with van der Waals surface area (Å²) in [7, 11) is 4.32. The molecule has 1 N–H and O–H groups in total. The van der Waals surface area contributed by atoms with Crippen LogP contribution >= 0.6 is 0 Å². The van der Waals surface area contributed by atoms with Gasteiger partial charge in [0.05, 0.1) is 19.8 Å². The summed E-state index contributed by atoms with van der Waals surface area (Å²) in [5.41, 5.74) is 0. The second-order valence-electron chi connectivity index (χ2n) is 6.84. The Morgan fingerprint density at radius 2 is 2.00 bits per heavy atom. The van der Waals surface area contributed by atoms with Crippen molar-refractivity contribution in [3.05, 3.63) is 0 Å². The number of rotatable bonds is 4. The fraction of sp³-hybridized carbons (Fsp3) is 1.00. The van der Waals surface area contributed by atoms with E-state index in [4.69, 9.17) is 14.2 Å². The molecule has 2 saturated heterocycles. The van der Waals surface area contributed by atoms with Crippen LogP contribution < -0.4 is 5.32 Å². The molecule has 2 aliphatic heterocycles. The van der Waals surface area contributed by atoms with Crippen molar-refractivity contribution in [1.82, 2.24) is 10.2 Å². The van der Waals surface area contributed by atoms with E-state index < -0.39 is 0 Å². The lowest BCUT2D eigenvalue weighted by molar-refractivity contribution is -0.192. The molecular formula is C16H30N2O3. The van der Waals surface area contributed by atoms with E-state index in [2.05, 4.69) is 24.3 Å². The van der Waals surface area contributed by atoms with Crippen LogP contribution in [0.3, 0.4) is 0 Å². The van der Waals surface area contributed by atoms with Crippen LogP contribution in [0.25, 0.3) is 0 Å². The minimum absolute atomic E-state index is 0.310. The minimum Gasteiger partial charge on any atom is -0.381 e. The van der Waals surface area contributed by atoms with Crippen LogP contribution in [0.5, 0.6) is 0 Å². The summed E-state index contributed by atoms with van der Waals surface area (Å²) in [6.45, 7) is 4.46. The molecule has 0 radical (unpaired) electrons. The summed E-state index contributed by atoms with van der Waals surface area (Å²) in [4.78, 5) is 2.51. The van der Waals surface area contributed by atoms with Crippen molar-refractivity contribution < 1.29 is 14.2 Å². The largest absolute Gasteiger partial charge is 0.381 e. The number of ether oxygens (including phenoxy) is 3. The van der Waals surface area contributed by atoms with Gasteiger partial charge in [0.1, 0.15) is 0 Å². The van der Waals surface area contributed by atoms with Crippen LogP contribution in [0.15, 0.2) is 0 Å². The smallest absolute Gasteiger partial charge is 0.170 e. The molecule has 0 aromatic heterocycles. The lowest BCUT2D eigenvalue weighted by atomic mass is 9.84. The molecular weight excluding hydrogens is 268 g/mol. The zero-order chi connectivity index (χ0) is 14.7. The fourth-order valence-corrected chi connectivity index (χ4v) is 4.18. The van der Waals surface area contributed by atoms with Gasteiger partial charge in [-0.1, -0.05) is 0 Å². The predicted molar refractivity (Wildman–Crippen MR) is 81.3 cm³/mol. The van der Waals surface area contributed by atoms with Crippen LogP contribution in [0, 0.1) is 5.92 Å². The highest BCUT2D eigenvalue weighted by Gasteiger charge is 2.46. The normalized spacial score (nSPS) is 36.4. The van der Waals surface area contributed by atoms with Gasteiger partial charge in [-0.3, -0.25) is 0 Å². The summed E-state index contributed by atoms with van der Waals surface area (Å²) in [6, 6.07) is 1.00. The molecule has 122 valence electrons. The van der Waals surface area contributed by atoms with Crippen LogP contribution in [0.2, 0.25) is 0 Å². The van der Waals surface area contributed by atoms with Gasteiger partial charge in [0.2, 0.25) is 0 Å². The standard InChI is InChI=1S/C16H30N2O3/c1-17-14-5-6-16(20-8-9-21-16)10-15(14)18(2)11-13-4-3-7-19-12-13/h13-15,17H,3-12H2,1-2H3. The molecule has 0 aromatic carbocycles. The van der Waals surface area contributed by atoms with Gasteiger partial charge in [-0.05, 0) is 39.3 Å². The molecule has 3 atom stereocenters. The van der Waals surface area contributed by atoms with Gasteiger partial charge in [0.25, 0.3) is 0 Å². The Hall–Kier alpha value is -0.200. The molecule has 1 saturated carbocycles. The van der Waals surface area contributed by atoms with Crippen molar-refractivity contribution in [3.63, 3.8) is 0 Å². The maximum atomic E-state index is 5.94. The van der Waals surface area contributed by atoms with Gasteiger partial charge in [-0.2, -0.15) is 0 Å². The number of hydrogen-bond donors (Lipinski definition) is 1. The quantitative estimate of drug-likeness (QED) is 0.845. The Labute approximate surface area is 128 Å². The molecule has 3 rings (SSSR count). The first-order valence-corrected chi connectivity index (χ1v) is 8.45. The summed E-state index contributed by atoms with van der Waals surface area (Å²) in [6.07, 6.45) is 5.60. The Morgan fingerprint density at radius 1 is 1.19 bits per heavy atom. The summed E-state index contributed by atoms with van der Waals surface area (Å²) >= 11 is 0. The van der Waals surface area contributed by atoms with Gasteiger partial charge in [0, 0.05) is 38.1 Å². The van der Waals surface area contributed by atoms with E-state index in [-0.39, 0.29) is 5.79 Å². The zero-order valence-electron chi connectivity index (χ0n) is 13.5. The molecule has 1 aliphatic carbocycles. The average molecular weight is 298 g/mol. The minimum atomic E-state index is -0.310. The van der Waals surface area contributed by atoms with Crippen LogP contribution in [-0.4, -0.2) is 69.8 Å². The first-order chi connectivity index (χ1) is 10.2. The molecule has 0 bridgehead atoms. The maximum Gasteiger partial charge on any atom is 0.170 e. The molecule has 3 aliphatic rings. The van der Waals surface area contributed by atoms with E-state index in [9.17, 15) is 0 Å². The van der Waals surface area contributed by atoms with Crippen molar-refractivity contribution in [3.8, 4) is 0 Å². The lowest BCUT2D eigenvalue weighted by Crippen LogP contribution is -2.57. The lowest BCUT2D eigenvalue weighted by Gasteiger charge is -2.45. The van der Waals surface area contributed by atoms with Crippen LogP contribution in [0.4, 0.5) is 0 Å². The van der Waals surface area contributed by atoms with Gasteiger partial charge < -0.3 is 24.4 Å². The summed E-state index contributed by atoms with van der Waals surface area (Å²) in [5, 5.41) is 3.49. The number of hydrogen-bond acceptors (Lipinski definition) is 5. The number of likely N-dealkylation sites (N-methyl/N-ethyl adjacent to an activating group) is 2. The molecule has 1 spiro atoms.